The Kier molecular flexibility index (Phi) is 6.17. The predicted molar refractivity (Wildman–Crippen MR) is 123 cm³/mol. The van der Waals surface area contributed by atoms with Crippen LogP contribution < -0.4 is 9.64 Å². The minimum absolute atomic E-state index is 0.0935. The summed E-state index contributed by atoms with van der Waals surface area (Å²) < 4.78 is 37.4. The van der Waals surface area contributed by atoms with Gasteiger partial charge in [-0.1, -0.05) is 5.10 Å². The van der Waals surface area contributed by atoms with Gasteiger partial charge in [-0.3, -0.25) is 4.90 Å². The largest absolute Gasteiger partial charge is 0.493 e. The number of benzene rings is 1. The average molecular weight is 473 g/mol. The monoisotopic (exact) mass is 472 g/mol. The lowest BCUT2D eigenvalue weighted by atomic mass is 9.86. The molecule has 4 fully saturated rings. The highest BCUT2D eigenvalue weighted by atomic mass is 19.1. The molecule has 4 saturated heterocycles. The number of hydrogen-bond acceptors (Lipinski definition) is 8. The lowest BCUT2D eigenvalue weighted by Crippen LogP contribution is -2.62. The normalized spacial score (nSPS) is 26.1. The van der Waals surface area contributed by atoms with Crippen LogP contribution in [0.1, 0.15) is 43.6 Å². The maximum absolute atomic E-state index is 14.2. The van der Waals surface area contributed by atoms with E-state index in [2.05, 4.69) is 20.0 Å². The molecule has 1 unspecified atom stereocenters. The van der Waals surface area contributed by atoms with Gasteiger partial charge in [-0.25, -0.2) is 4.39 Å². The minimum Gasteiger partial charge on any atom is -0.493 e. The fourth-order valence-corrected chi connectivity index (χ4v) is 6.03. The first-order valence-electron chi connectivity index (χ1n) is 12.6. The Balaban J connectivity index is 1.03. The van der Waals surface area contributed by atoms with Gasteiger partial charge in [0.2, 0.25) is 6.39 Å². The van der Waals surface area contributed by atoms with Gasteiger partial charge in [0.05, 0.1) is 26.3 Å². The predicted octanol–water partition coefficient (Wildman–Crippen LogP) is 3.24. The number of ether oxygens (including phenoxy) is 3. The lowest BCUT2D eigenvalue weighted by molar-refractivity contribution is -0.0216. The molecule has 0 aliphatic carbocycles. The van der Waals surface area contributed by atoms with E-state index in [1.54, 1.807) is 6.07 Å². The third-order valence-electron chi connectivity index (χ3n) is 8.04. The van der Waals surface area contributed by atoms with Crippen LogP contribution in [0.5, 0.6) is 5.75 Å². The molecule has 1 aromatic heterocycles. The summed E-state index contributed by atoms with van der Waals surface area (Å²) in [6.07, 6.45) is 6.48. The number of nitrogens with zero attached hydrogens (tertiary/aromatic N) is 4. The van der Waals surface area contributed by atoms with Crippen LogP contribution in [0.4, 0.5) is 10.4 Å². The van der Waals surface area contributed by atoms with Crippen molar-refractivity contribution >= 4 is 6.01 Å². The molecule has 0 radical (unpaired) electrons. The number of anilines is 1. The Morgan fingerprint density at radius 1 is 1.12 bits per heavy atom. The van der Waals surface area contributed by atoms with Crippen LogP contribution in [0.25, 0.3) is 0 Å². The van der Waals surface area contributed by atoms with Gasteiger partial charge in [0, 0.05) is 24.8 Å². The number of likely N-dealkylation sites (tertiary alicyclic amines) is 1. The van der Waals surface area contributed by atoms with E-state index >= 15 is 0 Å². The second kappa shape index (κ2) is 9.43. The quantitative estimate of drug-likeness (QED) is 0.635. The zero-order valence-corrected chi connectivity index (χ0v) is 19.5. The molecule has 4 aliphatic heterocycles. The first kappa shape index (κ1) is 22.2. The molecule has 9 heteroatoms. The third-order valence-corrected chi connectivity index (χ3v) is 8.04. The van der Waals surface area contributed by atoms with Crippen molar-refractivity contribution in [2.24, 2.45) is 5.92 Å². The number of rotatable bonds is 6. The second-order valence-corrected chi connectivity index (χ2v) is 10.3. The molecule has 34 heavy (non-hydrogen) atoms. The zero-order chi connectivity index (χ0) is 23.0. The van der Waals surface area contributed by atoms with E-state index in [1.165, 1.54) is 12.5 Å². The maximum Gasteiger partial charge on any atom is 0.318 e. The number of hydrogen-bond donors (Lipinski definition) is 0. The van der Waals surface area contributed by atoms with Crippen molar-refractivity contribution in [3.63, 3.8) is 0 Å². The van der Waals surface area contributed by atoms with Gasteiger partial charge in [0.15, 0.2) is 0 Å². The van der Waals surface area contributed by atoms with Crippen molar-refractivity contribution in [2.45, 2.75) is 49.7 Å². The van der Waals surface area contributed by atoms with E-state index in [9.17, 15) is 4.39 Å². The number of piperidine rings is 1. The summed E-state index contributed by atoms with van der Waals surface area (Å²) in [6.45, 7) is 6.67. The van der Waals surface area contributed by atoms with Gasteiger partial charge in [-0.2, -0.15) is 0 Å². The minimum atomic E-state index is -0.183. The molecule has 1 spiro atoms. The maximum atomic E-state index is 14.2. The first-order chi connectivity index (χ1) is 16.7. The summed E-state index contributed by atoms with van der Waals surface area (Å²) in [5.74, 6) is 1.51. The Labute approximate surface area is 199 Å². The van der Waals surface area contributed by atoms with Crippen LogP contribution in [-0.2, 0) is 9.47 Å². The Hall–Kier alpha value is -2.23. The summed E-state index contributed by atoms with van der Waals surface area (Å²) in [4.78, 5) is 4.63. The molecule has 6 rings (SSSR count). The van der Waals surface area contributed by atoms with E-state index in [0.717, 1.165) is 89.4 Å². The molecule has 0 amide bonds. The molecule has 0 saturated carbocycles. The number of halogens is 1. The van der Waals surface area contributed by atoms with Crippen molar-refractivity contribution < 1.29 is 23.0 Å². The average Bonchev–Trinajstić information content (AvgIpc) is 3.54. The summed E-state index contributed by atoms with van der Waals surface area (Å²) in [5.41, 5.74) is 0.934. The van der Waals surface area contributed by atoms with Crippen LogP contribution >= 0.6 is 0 Å². The van der Waals surface area contributed by atoms with Gasteiger partial charge >= 0.3 is 6.01 Å². The van der Waals surface area contributed by atoms with E-state index in [0.29, 0.717) is 30.5 Å². The third kappa shape index (κ3) is 4.53. The summed E-state index contributed by atoms with van der Waals surface area (Å²) in [5, 5.41) is 7.75. The van der Waals surface area contributed by atoms with Crippen molar-refractivity contribution in [2.75, 3.05) is 57.5 Å². The van der Waals surface area contributed by atoms with Gasteiger partial charge in [-0.15, -0.1) is 5.10 Å². The van der Waals surface area contributed by atoms with Gasteiger partial charge in [0.25, 0.3) is 0 Å². The molecule has 0 N–H and O–H groups in total. The lowest BCUT2D eigenvalue weighted by Gasteiger charge is -2.46. The van der Waals surface area contributed by atoms with Crippen LogP contribution in [0.2, 0.25) is 0 Å². The molecular formula is C25H33FN4O4. The molecular weight excluding hydrogens is 439 g/mol. The fourth-order valence-electron chi connectivity index (χ4n) is 6.03. The van der Waals surface area contributed by atoms with E-state index in [1.807, 2.05) is 6.07 Å². The zero-order valence-electron chi connectivity index (χ0n) is 19.5. The molecule has 5 heterocycles. The Bertz CT molecular complexity index is 954. The standard InChI is InChI=1S/C25H33FN4O4/c26-20-1-2-23(32-13-18-5-9-31-10-6-18)22(11-20)19-3-7-29(8-4-19)21-12-25(34-14-21)15-30(16-25)24-28-27-17-33-24/h1-2,11,17-19,21H,3-10,12-16H2. The SMILES string of the molecule is Fc1ccc(OCC2CCOCC2)c(C2CCN(C3COC4(C3)CN(c3nnco3)C4)CC2)c1. The van der Waals surface area contributed by atoms with E-state index in [-0.39, 0.29) is 11.4 Å². The van der Waals surface area contributed by atoms with Gasteiger partial charge in [0.1, 0.15) is 17.2 Å². The summed E-state index contributed by atoms with van der Waals surface area (Å²) >= 11 is 0. The van der Waals surface area contributed by atoms with Crippen LogP contribution in [0.3, 0.4) is 0 Å². The van der Waals surface area contributed by atoms with Crippen molar-refractivity contribution in [1.82, 2.24) is 15.1 Å². The van der Waals surface area contributed by atoms with Gasteiger partial charge in [-0.05, 0) is 75.2 Å². The second-order valence-electron chi connectivity index (χ2n) is 10.3. The molecule has 184 valence electrons. The van der Waals surface area contributed by atoms with E-state index < -0.39 is 0 Å². The molecule has 1 aromatic carbocycles. The topological polar surface area (TPSA) is 73.1 Å². The van der Waals surface area contributed by atoms with Gasteiger partial charge < -0.3 is 23.5 Å². The summed E-state index contributed by atoms with van der Waals surface area (Å²) in [7, 11) is 0. The highest BCUT2D eigenvalue weighted by molar-refractivity contribution is 5.37. The van der Waals surface area contributed by atoms with Crippen molar-refractivity contribution in [1.29, 1.82) is 0 Å². The number of aromatic nitrogens is 2. The first-order valence-corrected chi connectivity index (χ1v) is 12.6. The molecule has 1 atom stereocenters. The highest BCUT2D eigenvalue weighted by Crippen LogP contribution is 2.41. The van der Waals surface area contributed by atoms with Crippen LogP contribution in [0.15, 0.2) is 29.0 Å². The molecule has 2 aromatic rings. The van der Waals surface area contributed by atoms with E-state index in [4.69, 9.17) is 18.6 Å². The molecule has 8 nitrogen and oxygen atoms in total. The summed E-state index contributed by atoms with van der Waals surface area (Å²) in [6, 6.07) is 6.03. The molecule has 4 aliphatic rings. The van der Waals surface area contributed by atoms with Crippen LogP contribution in [0, 0.1) is 11.7 Å². The molecule has 0 bridgehead atoms. The van der Waals surface area contributed by atoms with Crippen LogP contribution in [-0.4, -0.2) is 79.3 Å². The highest BCUT2D eigenvalue weighted by Gasteiger charge is 2.52. The smallest absolute Gasteiger partial charge is 0.318 e. The van der Waals surface area contributed by atoms with Crippen molar-refractivity contribution in [3.05, 3.63) is 36.0 Å². The fraction of sp³-hybridized carbons (Fsp3) is 0.680. The Morgan fingerprint density at radius 2 is 1.94 bits per heavy atom. The van der Waals surface area contributed by atoms with Crippen molar-refractivity contribution in [3.8, 4) is 5.75 Å². The Morgan fingerprint density at radius 3 is 2.71 bits per heavy atom.